The van der Waals surface area contributed by atoms with Crippen LogP contribution >= 0.6 is 0 Å². The number of aromatic amines is 1. The van der Waals surface area contributed by atoms with Crippen LogP contribution in [0, 0.1) is 6.92 Å². The summed E-state index contributed by atoms with van der Waals surface area (Å²) in [6.07, 6.45) is 4.91. The van der Waals surface area contributed by atoms with Crippen LogP contribution in [0.2, 0.25) is 0 Å². The molecule has 0 unspecified atom stereocenters. The monoisotopic (exact) mass is 387 g/mol. The summed E-state index contributed by atoms with van der Waals surface area (Å²) in [6, 6.07) is 18.0. The normalized spacial score (nSPS) is 11.1. The van der Waals surface area contributed by atoms with Gasteiger partial charge in [-0.2, -0.15) is 5.10 Å². The molecule has 0 saturated carbocycles. The van der Waals surface area contributed by atoms with Gasteiger partial charge in [-0.3, -0.25) is 4.79 Å². The Hall–Kier alpha value is -3.41. The summed E-state index contributed by atoms with van der Waals surface area (Å²) in [6.45, 7) is 2.69. The maximum absolute atomic E-state index is 12.1. The summed E-state index contributed by atoms with van der Waals surface area (Å²) in [5, 5.41) is 7.60. The Bertz CT molecular complexity index is 1060. The molecule has 0 bridgehead atoms. The number of fused-ring (bicyclic) bond motifs is 1. The molecule has 0 aliphatic rings. The molecular weight excluding hydrogens is 362 g/mol. The molecule has 0 aliphatic heterocycles. The second-order valence-corrected chi connectivity index (χ2v) is 7.17. The van der Waals surface area contributed by atoms with Gasteiger partial charge in [-0.15, -0.1) is 0 Å². The van der Waals surface area contributed by atoms with Crippen LogP contribution in [0.5, 0.6) is 0 Å². The SMILES string of the molecule is Cc1nn(-c2ccccc2)cc1CCCNC(=O)CCc1nc2ccccc2[nH]1. The minimum atomic E-state index is 0.0576. The lowest BCUT2D eigenvalue weighted by Gasteiger charge is -2.04. The topological polar surface area (TPSA) is 75.6 Å². The summed E-state index contributed by atoms with van der Waals surface area (Å²) >= 11 is 0. The van der Waals surface area contributed by atoms with Gasteiger partial charge in [-0.25, -0.2) is 9.67 Å². The molecule has 2 aromatic heterocycles. The van der Waals surface area contributed by atoms with Gasteiger partial charge in [0.25, 0.3) is 0 Å². The number of nitrogens with zero attached hydrogens (tertiary/aromatic N) is 3. The van der Waals surface area contributed by atoms with E-state index < -0.39 is 0 Å². The Kier molecular flexibility index (Phi) is 5.70. The Balaban J connectivity index is 1.21. The molecule has 2 N–H and O–H groups in total. The minimum absolute atomic E-state index is 0.0576. The minimum Gasteiger partial charge on any atom is -0.356 e. The van der Waals surface area contributed by atoms with Gasteiger partial charge < -0.3 is 10.3 Å². The lowest BCUT2D eigenvalue weighted by Crippen LogP contribution is -2.25. The van der Waals surface area contributed by atoms with Crippen molar-refractivity contribution >= 4 is 16.9 Å². The first-order valence-electron chi connectivity index (χ1n) is 10.00. The van der Waals surface area contributed by atoms with Gasteiger partial charge in [0.2, 0.25) is 5.91 Å². The number of aryl methyl sites for hydroxylation is 3. The highest BCUT2D eigenvalue weighted by atomic mass is 16.1. The first-order chi connectivity index (χ1) is 14.2. The highest BCUT2D eigenvalue weighted by molar-refractivity contribution is 5.77. The number of para-hydroxylation sites is 3. The number of benzene rings is 2. The van der Waals surface area contributed by atoms with Crippen molar-refractivity contribution in [1.29, 1.82) is 0 Å². The smallest absolute Gasteiger partial charge is 0.220 e. The number of hydrogen-bond donors (Lipinski definition) is 2. The van der Waals surface area contributed by atoms with E-state index in [1.54, 1.807) is 0 Å². The molecular formula is C23H25N5O. The van der Waals surface area contributed by atoms with Crippen molar-refractivity contribution in [1.82, 2.24) is 25.1 Å². The maximum Gasteiger partial charge on any atom is 0.220 e. The molecule has 0 spiro atoms. The van der Waals surface area contributed by atoms with E-state index in [2.05, 4.69) is 26.6 Å². The Labute approximate surface area is 170 Å². The molecule has 6 nitrogen and oxygen atoms in total. The van der Waals surface area contributed by atoms with Crippen LogP contribution in [0.1, 0.15) is 29.9 Å². The van der Waals surface area contributed by atoms with E-state index in [1.165, 1.54) is 5.56 Å². The number of rotatable bonds is 8. The van der Waals surface area contributed by atoms with Crippen LogP contribution in [-0.4, -0.2) is 32.2 Å². The van der Waals surface area contributed by atoms with Crippen molar-refractivity contribution < 1.29 is 4.79 Å². The zero-order chi connectivity index (χ0) is 20.1. The number of aromatic nitrogens is 4. The zero-order valence-corrected chi connectivity index (χ0v) is 16.6. The number of amides is 1. The van der Waals surface area contributed by atoms with Gasteiger partial charge in [0.05, 0.1) is 22.4 Å². The lowest BCUT2D eigenvalue weighted by molar-refractivity contribution is -0.121. The van der Waals surface area contributed by atoms with Crippen molar-refractivity contribution in [2.45, 2.75) is 32.6 Å². The van der Waals surface area contributed by atoms with Crippen LogP contribution in [0.4, 0.5) is 0 Å². The van der Waals surface area contributed by atoms with Gasteiger partial charge in [0.15, 0.2) is 0 Å². The molecule has 0 atom stereocenters. The van der Waals surface area contributed by atoms with Gasteiger partial charge in [0, 0.05) is 25.6 Å². The molecule has 2 heterocycles. The number of imidazole rings is 1. The molecule has 0 fully saturated rings. The Morgan fingerprint density at radius 2 is 1.86 bits per heavy atom. The lowest BCUT2D eigenvalue weighted by atomic mass is 10.1. The molecule has 0 saturated heterocycles. The first-order valence-corrected chi connectivity index (χ1v) is 10.00. The van der Waals surface area contributed by atoms with Crippen molar-refractivity contribution in [3.63, 3.8) is 0 Å². The summed E-state index contributed by atoms with van der Waals surface area (Å²) < 4.78 is 1.91. The van der Waals surface area contributed by atoms with E-state index in [1.807, 2.05) is 66.2 Å². The van der Waals surface area contributed by atoms with Crippen LogP contribution in [-0.2, 0) is 17.6 Å². The molecule has 1 amide bonds. The van der Waals surface area contributed by atoms with E-state index in [0.717, 1.165) is 41.1 Å². The molecule has 4 rings (SSSR count). The van der Waals surface area contributed by atoms with E-state index in [4.69, 9.17) is 0 Å². The fourth-order valence-electron chi connectivity index (χ4n) is 3.41. The number of carbonyl (C=O) groups is 1. The number of H-pyrrole nitrogens is 1. The highest BCUT2D eigenvalue weighted by Gasteiger charge is 2.08. The zero-order valence-electron chi connectivity index (χ0n) is 16.6. The third-order valence-electron chi connectivity index (χ3n) is 4.99. The van der Waals surface area contributed by atoms with E-state index in [9.17, 15) is 4.79 Å². The molecule has 29 heavy (non-hydrogen) atoms. The number of nitrogens with one attached hydrogen (secondary N) is 2. The largest absolute Gasteiger partial charge is 0.356 e. The van der Waals surface area contributed by atoms with Crippen LogP contribution in [0.25, 0.3) is 16.7 Å². The van der Waals surface area contributed by atoms with E-state index >= 15 is 0 Å². The van der Waals surface area contributed by atoms with Gasteiger partial charge in [-0.1, -0.05) is 30.3 Å². The molecule has 0 aliphatic carbocycles. The number of hydrogen-bond acceptors (Lipinski definition) is 3. The first kappa shape index (κ1) is 18.9. The maximum atomic E-state index is 12.1. The average Bonchev–Trinajstić information content (AvgIpc) is 3.33. The Morgan fingerprint density at radius 3 is 2.69 bits per heavy atom. The third kappa shape index (κ3) is 4.71. The molecule has 148 valence electrons. The van der Waals surface area contributed by atoms with Crippen molar-refractivity contribution in [3.05, 3.63) is 77.9 Å². The van der Waals surface area contributed by atoms with Crippen molar-refractivity contribution in [3.8, 4) is 5.69 Å². The van der Waals surface area contributed by atoms with Gasteiger partial charge >= 0.3 is 0 Å². The van der Waals surface area contributed by atoms with Gasteiger partial charge in [-0.05, 0) is 49.6 Å². The van der Waals surface area contributed by atoms with Crippen LogP contribution in [0.3, 0.4) is 0 Å². The fourth-order valence-corrected chi connectivity index (χ4v) is 3.41. The Morgan fingerprint density at radius 1 is 1.07 bits per heavy atom. The molecule has 2 aromatic carbocycles. The average molecular weight is 387 g/mol. The van der Waals surface area contributed by atoms with E-state index in [-0.39, 0.29) is 5.91 Å². The quantitative estimate of drug-likeness (QED) is 0.452. The number of carbonyl (C=O) groups excluding carboxylic acids is 1. The predicted octanol–water partition coefficient (Wildman–Crippen LogP) is 3.74. The van der Waals surface area contributed by atoms with E-state index in [0.29, 0.717) is 19.4 Å². The standard InChI is InChI=1S/C23H25N5O/c1-17-18(16-28(27-17)19-9-3-2-4-10-19)8-7-15-24-23(29)14-13-22-25-20-11-5-6-12-21(20)26-22/h2-6,9-12,16H,7-8,13-15H2,1H3,(H,24,29)(H,25,26). The van der Waals surface area contributed by atoms with Crippen molar-refractivity contribution in [2.24, 2.45) is 0 Å². The predicted molar refractivity (Wildman–Crippen MR) is 114 cm³/mol. The summed E-state index contributed by atoms with van der Waals surface area (Å²) in [7, 11) is 0. The second-order valence-electron chi connectivity index (χ2n) is 7.17. The third-order valence-corrected chi connectivity index (χ3v) is 4.99. The van der Waals surface area contributed by atoms with Crippen molar-refractivity contribution in [2.75, 3.05) is 6.54 Å². The molecule has 0 radical (unpaired) electrons. The molecule has 4 aromatic rings. The van der Waals surface area contributed by atoms with Gasteiger partial charge in [0.1, 0.15) is 5.82 Å². The fraction of sp³-hybridized carbons (Fsp3) is 0.261. The summed E-state index contributed by atoms with van der Waals surface area (Å²) in [5.74, 6) is 0.910. The van der Waals surface area contributed by atoms with Crippen LogP contribution in [0.15, 0.2) is 60.8 Å². The second kappa shape index (κ2) is 8.73. The van der Waals surface area contributed by atoms with Crippen LogP contribution < -0.4 is 5.32 Å². The summed E-state index contributed by atoms with van der Waals surface area (Å²) in [4.78, 5) is 19.9. The molecule has 6 heteroatoms. The highest BCUT2D eigenvalue weighted by Crippen LogP contribution is 2.13. The summed E-state index contributed by atoms with van der Waals surface area (Å²) in [5.41, 5.74) is 5.25.